The van der Waals surface area contributed by atoms with Crippen LogP contribution in [0.5, 0.6) is 0 Å². The second kappa shape index (κ2) is 6.77. The minimum Gasteiger partial charge on any atom is -0.378 e. The van der Waals surface area contributed by atoms with Gasteiger partial charge >= 0.3 is 0 Å². The molecule has 1 heterocycles. The van der Waals surface area contributed by atoms with Gasteiger partial charge in [-0.2, -0.15) is 0 Å². The van der Waals surface area contributed by atoms with Gasteiger partial charge in [0.15, 0.2) is 5.82 Å². The molecule has 1 aromatic heterocycles. The van der Waals surface area contributed by atoms with Crippen LogP contribution in [0.15, 0.2) is 24.3 Å². The number of ether oxygens (including phenoxy) is 1. The Morgan fingerprint density at radius 1 is 1.42 bits per heavy atom. The van der Waals surface area contributed by atoms with Gasteiger partial charge in [0.05, 0.1) is 6.10 Å². The molecule has 0 spiro atoms. The predicted octanol–water partition coefficient (Wildman–Crippen LogP) is 1.83. The summed E-state index contributed by atoms with van der Waals surface area (Å²) in [6, 6.07) is 7.45. The van der Waals surface area contributed by atoms with Crippen LogP contribution in [-0.2, 0) is 16.1 Å². The van der Waals surface area contributed by atoms with Crippen molar-refractivity contribution in [1.29, 1.82) is 0 Å². The molecule has 2 unspecified atom stereocenters. The van der Waals surface area contributed by atoms with Crippen molar-refractivity contribution in [1.82, 2.24) is 20.2 Å². The lowest BCUT2D eigenvalue weighted by molar-refractivity contribution is -0.166. The van der Waals surface area contributed by atoms with Gasteiger partial charge in [-0.3, -0.25) is 4.79 Å². The monoisotopic (exact) mass is 358 g/mol. The molecule has 8 heteroatoms. The van der Waals surface area contributed by atoms with E-state index in [1.165, 1.54) is 0 Å². The molecule has 140 valence electrons. The molecule has 2 aromatic rings. The van der Waals surface area contributed by atoms with Crippen LogP contribution in [0.2, 0.25) is 0 Å². The standard InChI is InChI=1S/C18H26N6O2/c1-5-24-15(21-22-23-24)12-8-7-9-13(10-12)20-16(25)18(19)11-14(26-6-2)17(18,3)4/h7-10,14H,5-6,11,19H2,1-4H3,(H,20,25). The average molecular weight is 358 g/mol. The second-order valence-corrected chi connectivity index (χ2v) is 7.19. The summed E-state index contributed by atoms with van der Waals surface area (Å²) in [5, 5.41) is 14.7. The number of rotatable bonds is 6. The van der Waals surface area contributed by atoms with Gasteiger partial charge in [-0.25, -0.2) is 4.68 Å². The third-order valence-corrected chi connectivity index (χ3v) is 5.45. The molecule has 1 amide bonds. The zero-order valence-electron chi connectivity index (χ0n) is 15.7. The van der Waals surface area contributed by atoms with Crippen LogP contribution in [0.25, 0.3) is 11.4 Å². The van der Waals surface area contributed by atoms with Gasteiger partial charge in [0.25, 0.3) is 0 Å². The van der Waals surface area contributed by atoms with E-state index in [2.05, 4.69) is 20.8 Å². The summed E-state index contributed by atoms with van der Waals surface area (Å²) < 4.78 is 7.40. The van der Waals surface area contributed by atoms with E-state index in [1.54, 1.807) is 4.68 Å². The Labute approximate surface area is 153 Å². The fourth-order valence-electron chi connectivity index (χ4n) is 3.42. The van der Waals surface area contributed by atoms with Gasteiger partial charge in [-0.15, -0.1) is 5.10 Å². The van der Waals surface area contributed by atoms with E-state index in [0.29, 0.717) is 31.1 Å². The van der Waals surface area contributed by atoms with Crippen molar-refractivity contribution in [3.8, 4) is 11.4 Å². The molecular weight excluding hydrogens is 332 g/mol. The van der Waals surface area contributed by atoms with Gasteiger partial charge < -0.3 is 15.8 Å². The highest BCUT2D eigenvalue weighted by Crippen LogP contribution is 2.50. The number of carbonyl (C=O) groups excluding carboxylic acids is 1. The van der Waals surface area contributed by atoms with Crippen molar-refractivity contribution in [3.05, 3.63) is 24.3 Å². The van der Waals surface area contributed by atoms with Crippen LogP contribution < -0.4 is 11.1 Å². The number of tetrazole rings is 1. The molecule has 1 aromatic carbocycles. The summed E-state index contributed by atoms with van der Waals surface area (Å²) >= 11 is 0. The molecule has 26 heavy (non-hydrogen) atoms. The van der Waals surface area contributed by atoms with Crippen LogP contribution >= 0.6 is 0 Å². The lowest BCUT2D eigenvalue weighted by Gasteiger charge is -2.57. The number of amides is 1. The largest absolute Gasteiger partial charge is 0.378 e. The number of aryl methyl sites for hydroxylation is 1. The summed E-state index contributed by atoms with van der Waals surface area (Å²) in [5.74, 6) is 0.456. The number of hydrogen-bond acceptors (Lipinski definition) is 6. The predicted molar refractivity (Wildman–Crippen MR) is 98.3 cm³/mol. The van der Waals surface area contributed by atoms with E-state index >= 15 is 0 Å². The summed E-state index contributed by atoms with van der Waals surface area (Å²) in [7, 11) is 0. The zero-order valence-corrected chi connectivity index (χ0v) is 15.7. The first-order chi connectivity index (χ1) is 12.3. The number of aromatic nitrogens is 4. The summed E-state index contributed by atoms with van der Waals surface area (Å²) in [5.41, 5.74) is 6.54. The number of nitrogens with two attached hydrogens (primary N) is 1. The topological polar surface area (TPSA) is 108 Å². The van der Waals surface area contributed by atoms with Crippen LogP contribution in [0.1, 0.15) is 34.1 Å². The Balaban J connectivity index is 1.78. The fraction of sp³-hybridized carbons (Fsp3) is 0.556. The lowest BCUT2D eigenvalue weighted by atomic mass is 9.54. The van der Waals surface area contributed by atoms with Crippen molar-refractivity contribution in [2.75, 3.05) is 11.9 Å². The first-order valence-electron chi connectivity index (χ1n) is 8.92. The van der Waals surface area contributed by atoms with E-state index in [-0.39, 0.29) is 12.0 Å². The normalized spacial score (nSPS) is 24.1. The van der Waals surface area contributed by atoms with Crippen LogP contribution in [0, 0.1) is 5.41 Å². The van der Waals surface area contributed by atoms with Crippen LogP contribution in [0.3, 0.4) is 0 Å². The number of nitrogens with zero attached hydrogens (tertiary/aromatic N) is 4. The highest BCUT2D eigenvalue weighted by atomic mass is 16.5. The van der Waals surface area contributed by atoms with Crippen molar-refractivity contribution < 1.29 is 9.53 Å². The Kier molecular flexibility index (Phi) is 4.81. The second-order valence-electron chi connectivity index (χ2n) is 7.19. The SMILES string of the molecule is CCOC1CC(N)(C(=O)Nc2cccc(-c3nnnn3CC)c2)C1(C)C. The summed E-state index contributed by atoms with van der Waals surface area (Å²) in [6.07, 6.45) is 0.497. The first kappa shape index (κ1) is 18.5. The van der Waals surface area contributed by atoms with Crippen molar-refractivity contribution in [2.24, 2.45) is 11.1 Å². The van der Waals surface area contributed by atoms with Crippen LogP contribution in [-0.4, -0.2) is 44.4 Å². The van der Waals surface area contributed by atoms with Crippen molar-refractivity contribution >= 4 is 11.6 Å². The highest BCUT2D eigenvalue weighted by Gasteiger charge is 2.62. The Morgan fingerprint density at radius 3 is 2.85 bits per heavy atom. The molecule has 0 aliphatic heterocycles. The fourth-order valence-corrected chi connectivity index (χ4v) is 3.42. The molecule has 0 bridgehead atoms. The minimum atomic E-state index is -0.964. The molecule has 1 aliphatic rings. The number of hydrogen-bond donors (Lipinski definition) is 2. The highest BCUT2D eigenvalue weighted by molar-refractivity contribution is 6.00. The maximum atomic E-state index is 12.9. The molecule has 3 N–H and O–H groups in total. The van der Waals surface area contributed by atoms with E-state index in [4.69, 9.17) is 10.5 Å². The third-order valence-electron chi connectivity index (χ3n) is 5.45. The molecule has 0 saturated heterocycles. The van der Waals surface area contributed by atoms with E-state index in [1.807, 2.05) is 52.0 Å². The Hall–Kier alpha value is -2.32. The van der Waals surface area contributed by atoms with E-state index in [9.17, 15) is 4.79 Å². The quantitative estimate of drug-likeness (QED) is 0.815. The molecule has 2 atom stereocenters. The molecule has 3 rings (SSSR count). The Morgan fingerprint density at radius 2 is 2.19 bits per heavy atom. The average Bonchev–Trinajstić information content (AvgIpc) is 3.10. The van der Waals surface area contributed by atoms with Gasteiger partial charge in [0.2, 0.25) is 5.91 Å². The third kappa shape index (κ3) is 2.89. The maximum Gasteiger partial charge on any atom is 0.245 e. The zero-order chi connectivity index (χ0) is 18.9. The number of nitrogens with one attached hydrogen (secondary N) is 1. The lowest BCUT2D eigenvalue weighted by Crippen LogP contribution is -2.74. The molecular formula is C18H26N6O2. The summed E-state index contributed by atoms with van der Waals surface area (Å²) in [4.78, 5) is 12.9. The maximum absolute atomic E-state index is 12.9. The summed E-state index contributed by atoms with van der Waals surface area (Å²) in [6.45, 7) is 9.14. The van der Waals surface area contributed by atoms with E-state index < -0.39 is 11.0 Å². The molecule has 1 saturated carbocycles. The van der Waals surface area contributed by atoms with Gasteiger partial charge in [-0.05, 0) is 36.4 Å². The molecule has 0 radical (unpaired) electrons. The van der Waals surface area contributed by atoms with Gasteiger partial charge in [0, 0.05) is 36.2 Å². The molecule has 8 nitrogen and oxygen atoms in total. The smallest absolute Gasteiger partial charge is 0.245 e. The van der Waals surface area contributed by atoms with Crippen LogP contribution in [0.4, 0.5) is 5.69 Å². The minimum absolute atomic E-state index is 0.0104. The van der Waals surface area contributed by atoms with Gasteiger partial charge in [-0.1, -0.05) is 26.0 Å². The van der Waals surface area contributed by atoms with Crippen molar-refractivity contribution in [2.45, 2.75) is 52.3 Å². The van der Waals surface area contributed by atoms with E-state index in [0.717, 1.165) is 5.56 Å². The number of benzene rings is 1. The molecule has 1 fully saturated rings. The number of anilines is 1. The number of carbonyl (C=O) groups is 1. The molecule has 1 aliphatic carbocycles. The van der Waals surface area contributed by atoms with Gasteiger partial charge in [0.1, 0.15) is 5.54 Å². The van der Waals surface area contributed by atoms with Crippen molar-refractivity contribution in [3.63, 3.8) is 0 Å². The Bertz CT molecular complexity index is 802. The first-order valence-corrected chi connectivity index (χ1v) is 8.92.